The third-order valence-electron chi connectivity index (χ3n) is 2.72. The molecule has 5 heteroatoms. The van der Waals surface area contributed by atoms with Gasteiger partial charge in [-0.05, 0) is 37.5 Å². The summed E-state index contributed by atoms with van der Waals surface area (Å²) in [6.07, 6.45) is 2.23. The van der Waals surface area contributed by atoms with Gasteiger partial charge in [-0.1, -0.05) is 11.6 Å². The predicted molar refractivity (Wildman–Crippen MR) is 68.9 cm³/mol. The third kappa shape index (κ3) is 3.01. The highest BCUT2D eigenvalue weighted by Crippen LogP contribution is 2.24. The van der Waals surface area contributed by atoms with Crippen LogP contribution in [0.1, 0.15) is 30.7 Å². The molecule has 1 aromatic carbocycles. The number of carboxylic acids is 1. The molecule has 1 heterocycles. The lowest BCUT2D eigenvalue weighted by Crippen LogP contribution is -1.94. The number of oxazole rings is 1. The first-order valence-electron chi connectivity index (χ1n) is 5.83. The number of aryl methyl sites for hydroxylation is 2. The Labute approximate surface area is 110 Å². The summed E-state index contributed by atoms with van der Waals surface area (Å²) in [6, 6.07) is 3.61. The fraction of sp³-hybridized carbons (Fsp3) is 0.385. The van der Waals surface area contributed by atoms with Crippen molar-refractivity contribution in [1.29, 1.82) is 0 Å². The summed E-state index contributed by atoms with van der Waals surface area (Å²) in [7, 11) is 0. The average Bonchev–Trinajstić information content (AvgIpc) is 2.67. The SMILES string of the molecule is Cc1cc(Cl)cc2nc(CCCCC(=O)O)oc12. The zero-order chi connectivity index (χ0) is 13.1. The number of fused-ring (bicyclic) bond motifs is 1. The van der Waals surface area contributed by atoms with Gasteiger partial charge in [-0.25, -0.2) is 4.98 Å². The van der Waals surface area contributed by atoms with E-state index in [-0.39, 0.29) is 6.42 Å². The van der Waals surface area contributed by atoms with E-state index in [1.807, 2.05) is 13.0 Å². The number of benzene rings is 1. The minimum absolute atomic E-state index is 0.186. The molecule has 0 fully saturated rings. The molecular weight excluding hydrogens is 254 g/mol. The fourth-order valence-corrected chi connectivity index (χ4v) is 2.13. The first kappa shape index (κ1) is 12.9. The first-order chi connectivity index (χ1) is 8.56. The molecule has 0 aliphatic heterocycles. The molecule has 1 N–H and O–H groups in total. The monoisotopic (exact) mass is 267 g/mol. The van der Waals surface area contributed by atoms with E-state index in [1.54, 1.807) is 6.07 Å². The van der Waals surface area contributed by atoms with E-state index >= 15 is 0 Å². The normalized spacial score (nSPS) is 11.0. The number of aliphatic carboxylic acids is 1. The van der Waals surface area contributed by atoms with Gasteiger partial charge in [0.05, 0.1) is 0 Å². The Kier molecular flexibility index (Phi) is 3.87. The largest absolute Gasteiger partial charge is 0.481 e. The third-order valence-corrected chi connectivity index (χ3v) is 2.93. The Balaban J connectivity index is 2.06. The predicted octanol–water partition coefficient (Wildman–Crippen LogP) is 3.59. The molecule has 0 aliphatic rings. The molecule has 0 atom stereocenters. The van der Waals surface area contributed by atoms with Gasteiger partial charge in [-0.2, -0.15) is 0 Å². The van der Waals surface area contributed by atoms with E-state index in [0.29, 0.717) is 23.8 Å². The van der Waals surface area contributed by atoms with E-state index in [4.69, 9.17) is 21.1 Å². The molecule has 0 saturated carbocycles. The molecule has 0 unspecified atom stereocenters. The average molecular weight is 268 g/mol. The topological polar surface area (TPSA) is 63.3 Å². The number of carboxylic acid groups (broad SMARTS) is 1. The Morgan fingerprint density at radius 1 is 1.44 bits per heavy atom. The zero-order valence-electron chi connectivity index (χ0n) is 10.1. The second-order valence-electron chi connectivity index (χ2n) is 4.28. The summed E-state index contributed by atoms with van der Waals surface area (Å²) >= 11 is 5.95. The lowest BCUT2D eigenvalue weighted by molar-refractivity contribution is -0.137. The van der Waals surface area contributed by atoms with Crippen LogP contribution in [0, 0.1) is 6.92 Å². The molecule has 18 heavy (non-hydrogen) atoms. The molecule has 0 aliphatic carbocycles. The molecule has 2 aromatic rings. The highest BCUT2D eigenvalue weighted by atomic mass is 35.5. The number of halogens is 1. The summed E-state index contributed by atoms with van der Waals surface area (Å²) in [4.78, 5) is 14.7. The van der Waals surface area contributed by atoms with Crippen molar-refractivity contribution in [2.75, 3.05) is 0 Å². The van der Waals surface area contributed by atoms with Gasteiger partial charge >= 0.3 is 5.97 Å². The Bertz CT molecular complexity index is 577. The van der Waals surface area contributed by atoms with Gasteiger partial charge in [0.25, 0.3) is 0 Å². The number of hydrogen-bond donors (Lipinski definition) is 1. The van der Waals surface area contributed by atoms with Crippen LogP contribution in [0.3, 0.4) is 0 Å². The second-order valence-corrected chi connectivity index (χ2v) is 4.72. The lowest BCUT2D eigenvalue weighted by atomic mass is 10.2. The van der Waals surface area contributed by atoms with Crippen molar-refractivity contribution >= 4 is 28.7 Å². The van der Waals surface area contributed by atoms with Crippen LogP contribution in [0.2, 0.25) is 5.02 Å². The molecule has 1 aromatic heterocycles. The molecule has 0 saturated heterocycles. The van der Waals surface area contributed by atoms with E-state index in [2.05, 4.69) is 4.98 Å². The molecule has 0 bridgehead atoms. The molecule has 4 nitrogen and oxygen atoms in total. The number of carbonyl (C=O) groups is 1. The smallest absolute Gasteiger partial charge is 0.303 e. The van der Waals surface area contributed by atoms with Crippen molar-refractivity contribution in [1.82, 2.24) is 4.98 Å². The maximum atomic E-state index is 10.4. The maximum Gasteiger partial charge on any atom is 0.303 e. The molecule has 96 valence electrons. The second kappa shape index (κ2) is 5.40. The standard InChI is InChI=1S/C13H14ClNO3/c1-8-6-9(14)7-10-13(8)18-11(15-10)4-2-3-5-12(16)17/h6-7H,2-5H2,1H3,(H,16,17). The van der Waals surface area contributed by atoms with Crippen molar-refractivity contribution in [2.45, 2.75) is 32.6 Å². The number of aromatic nitrogens is 1. The van der Waals surface area contributed by atoms with E-state index in [1.165, 1.54) is 0 Å². The molecule has 2 rings (SSSR count). The minimum Gasteiger partial charge on any atom is -0.481 e. The van der Waals surface area contributed by atoms with Crippen molar-refractivity contribution in [2.24, 2.45) is 0 Å². The van der Waals surface area contributed by atoms with Crippen LogP contribution >= 0.6 is 11.6 Å². The minimum atomic E-state index is -0.768. The Morgan fingerprint density at radius 2 is 2.22 bits per heavy atom. The maximum absolute atomic E-state index is 10.4. The van der Waals surface area contributed by atoms with Gasteiger partial charge in [0.15, 0.2) is 11.5 Å². The van der Waals surface area contributed by atoms with Crippen molar-refractivity contribution in [3.63, 3.8) is 0 Å². The van der Waals surface area contributed by atoms with Crippen molar-refractivity contribution in [3.05, 3.63) is 28.6 Å². The van der Waals surface area contributed by atoms with Gasteiger partial charge in [0, 0.05) is 17.9 Å². The summed E-state index contributed by atoms with van der Waals surface area (Å²) in [5.74, 6) is -0.129. The van der Waals surface area contributed by atoms with Gasteiger partial charge in [-0.15, -0.1) is 0 Å². The summed E-state index contributed by atoms with van der Waals surface area (Å²) in [6.45, 7) is 1.92. The molecule has 0 amide bonds. The van der Waals surface area contributed by atoms with Gasteiger partial charge in [0.2, 0.25) is 0 Å². The van der Waals surface area contributed by atoms with E-state index < -0.39 is 5.97 Å². The van der Waals surface area contributed by atoms with E-state index in [9.17, 15) is 4.79 Å². The zero-order valence-corrected chi connectivity index (χ0v) is 10.8. The summed E-state index contributed by atoms with van der Waals surface area (Å²) < 4.78 is 5.64. The first-order valence-corrected chi connectivity index (χ1v) is 6.21. The Morgan fingerprint density at radius 3 is 2.94 bits per heavy atom. The lowest BCUT2D eigenvalue weighted by Gasteiger charge is -1.94. The number of hydrogen-bond acceptors (Lipinski definition) is 3. The van der Waals surface area contributed by atoms with Crippen LogP contribution in [0.15, 0.2) is 16.5 Å². The van der Waals surface area contributed by atoms with Crippen LogP contribution in [0.25, 0.3) is 11.1 Å². The van der Waals surface area contributed by atoms with E-state index in [0.717, 1.165) is 23.1 Å². The van der Waals surface area contributed by atoms with Crippen LogP contribution in [0.5, 0.6) is 0 Å². The highest BCUT2D eigenvalue weighted by Gasteiger charge is 2.09. The van der Waals surface area contributed by atoms with Crippen LogP contribution in [0.4, 0.5) is 0 Å². The highest BCUT2D eigenvalue weighted by molar-refractivity contribution is 6.31. The quantitative estimate of drug-likeness (QED) is 0.841. The Hall–Kier alpha value is -1.55. The van der Waals surface area contributed by atoms with Gasteiger partial charge < -0.3 is 9.52 Å². The van der Waals surface area contributed by atoms with Crippen molar-refractivity contribution < 1.29 is 14.3 Å². The van der Waals surface area contributed by atoms with Crippen LogP contribution < -0.4 is 0 Å². The molecular formula is C13H14ClNO3. The van der Waals surface area contributed by atoms with Gasteiger partial charge in [-0.3, -0.25) is 4.79 Å². The molecule has 0 spiro atoms. The summed E-state index contributed by atoms with van der Waals surface area (Å²) in [5.41, 5.74) is 2.47. The molecule has 0 radical (unpaired) electrons. The van der Waals surface area contributed by atoms with Crippen molar-refractivity contribution in [3.8, 4) is 0 Å². The van der Waals surface area contributed by atoms with Gasteiger partial charge in [0.1, 0.15) is 5.52 Å². The summed E-state index contributed by atoms with van der Waals surface area (Å²) in [5, 5.41) is 9.18. The van der Waals surface area contributed by atoms with Crippen LogP contribution in [-0.4, -0.2) is 16.1 Å². The fourth-order valence-electron chi connectivity index (χ4n) is 1.86. The van der Waals surface area contributed by atoms with Crippen LogP contribution in [-0.2, 0) is 11.2 Å². The number of nitrogens with zero attached hydrogens (tertiary/aromatic N) is 1. The number of rotatable bonds is 5. The number of unbranched alkanes of at least 4 members (excludes halogenated alkanes) is 1.